The van der Waals surface area contributed by atoms with Crippen molar-refractivity contribution in [3.05, 3.63) is 66.4 Å². The molecule has 0 spiro atoms. The average Bonchev–Trinajstić information content (AvgIpc) is 2.50. The Balaban J connectivity index is 2.09. The van der Waals surface area contributed by atoms with E-state index in [1.165, 1.54) is 12.3 Å². The normalized spacial score (nSPS) is 11.5. The molecule has 1 aromatic heterocycles. The number of para-hydroxylation sites is 1. The summed E-state index contributed by atoms with van der Waals surface area (Å²) in [7, 11) is -4.26. The number of rotatable bonds is 3. The van der Waals surface area contributed by atoms with Gasteiger partial charge in [0, 0.05) is 11.6 Å². The molecule has 112 valence electrons. The van der Waals surface area contributed by atoms with E-state index in [2.05, 4.69) is 9.71 Å². The van der Waals surface area contributed by atoms with Crippen LogP contribution < -0.4 is 4.72 Å². The molecule has 22 heavy (non-hydrogen) atoms. The highest BCUT2D eigenvalue weighted by molar-refractivity contribution is 7.92. The highest BCUT2D eigenvalue weighted by Crippen LogP contribution is 2.25. The summed E-state index contributed by atoms with van der Waals surface area (Å²) in [5.41, 5.74) is 0.618. The zero-order valence-corrected chi connectivity index (χ0v) is 11.9. The van der Waals surface area contributed by atoms with Crippen molar-refractivity contribution in [2.45, 2.75) is 4.90 Å². The van der Waals surface area contributed by atoms with E-state index in [0.29, 0.717) is 11.6 Å². The van der Waals surface area contributed by atoms with E-state index in [9.17, 15) is 17.2 Å². The number of pyridine rings is 1. The number of halogens is 2. The third-order valence-corrected chi connectivity index (χ3v) is 4.44. The molecule has 1 N–H and O–H groups in total. The Morgan fingerprint density at radius 1 is 1.00 bits per heavy atom. The van der Waals surface area contributed by atoms with Crippen LogP contribution in [0.1, 0.15) is 0 Å². The molecule has 2 aromatic carbocycles. The van der Waals surface area contributed by atoms with Crippen molar-refractivity contribution in [3.63, 3.8) is 0 Å². The molecule has 7 heteroatoms. The summed E-state index contributed by atoms with van der Waals surface area (Å²) in [5, 5.41) is 0.724. The molecule has 3 rings (SSSR count). The van der Waals surface area contributed by atoms with Crippen LogP contribution in [-0.4, -0.2) is 13.4 Å². The Labute approximate surface area is 125 Å². The van der Waals surface area contributed by atoms with E-state index >= 15 is 0 Å². The number of benzene rings is 2. The summed E-state index contributed by atoms with van der Waals surface area (Å²) in [6, 6.07) is 10.7. The predicted octanol–water partition coefficient (Wildman–Crippen LogP) is 3.31. The van der Waals surface area contributed by atoms with Crippen molar-refractivity contribution in [1.82, 2.24) is 4.98 Å². The van der Waals surface area contributed by atoms with Crippen LogP contribution in [0.5, 0.6) is 0 Å². The number of sulfonamides is 1. The first-order valence-corrected chi connectivity index (χ1v) is 7.77. The zero-order valence-electron chi connectivity index (χ0n) is 11.1. The lowest BCUT2D eigenvalue weighted by atomic mass is 10.2. The van der Waals surface area contributed by atoms with Crippen LogP contribution in [0, 0.1) is 11.6 Å². The number of hydrogen-bond donors (Lipinski definition) is 1. The second-order valence-corrected chi connectivity index (χ2v) is 6.21. The largest absolute Gasteiger partial charge is 0.277 e. The van der Waals surface area contributed by atoms with Crippen molar-refractivity contribution in [2.24, 2.45) is 0 Å². The predicted molar refractivity (Wildman–Crippen MR) is 78.9 cm³/mol. The van der Waals surface area contributed by atoms with E-state index in [1.54, 1.807) is 24.3 Å². The lowest BCUT2D eigenvalue weighted by Gasteiger charge is -2.10. The van der Waals surface area contributed by atoms with Crippen molar-refractivity contribution in [2.75, 3.05) is 4.72 Å². The van der Waals surface area contributed by atoms with Crippen LogP contribution in [0.4, 0.5) is 14.5 Å². The molecule has 4 nitrogen and oxygen atoms in total. The van der Waals surface area contributed by atoms with E-state index in [0.717, 1.165) is 17.5 Å². The maximum atomic E-state index is 13.7. The first-order valence-electron chi connectivity index (χ1n) is 6.29. The van der Waals surface area contributed by atoms with Gasteiger partial charge in [0.05, 0.1) is 11.2 Å². The summed E-state index contributed by atoms with van der Waals surface area (Å²) in [4.78, 5) is 3.35. The second kappa shape index (κ2) is 5.34. The monoisotopic (exact) mass is 320 g/mol. The standard InChI is InChI=1S/C15H10F2N2O2S/c16-11-6-7-12(17)14(9-11)22(20,21)19-13-5-1-3-10-4-2-8-18-15(10)13/h1-9,19H. The van der Waals surface area contributed by atoms with Gasteiger partial charge in [0.15, 0.2) is 0 Å². The zero-order chi connectivity index (χ0) is 15.7. The molecule has 0 fully saturated rings. The first-order chi connectivity index (χ1) is 10.5. The summed E-state index contributed by atoms with van der Waals surface area (Å²) in [6.07, 6.45) is 1.52. The summed E-state index contributed by atoms with van der Waals surface area (Å²) in [6.45, 7) is 0. The number of nitrogens with zero attached hydrogens (tertiary/aromatic N) is 1. The van der Waals surface area contributed by atoms with Gasteiger partial charge in [-0.15, -0.1) is 0 Å². The molecule has 0 aliphatic heterocycles. The summed E-state index contributed by atoms with van der Waals surface area (Å²) in [5.74, 6) is -1.86. The Hall–Kier alpha value is -2.54. The molecule has 0 aliphatic rings. The molecule has 0 bridgehead atoms. The number of hydrogen-bond acceptors (Lipinski definition) is 3. The van der Waals surface area contributed by atoms with Gasteiger partial charge in [-0.05, 0) is 30.3 Å². The van der Waals surface area contributed by atoms with Gasteiger partial charge in [-0.2, -0.15) is 0 Å². The van der Waals surface area contributed by atoms with E-state index in [-0.39, 0.29) is 5.69 Å². The summed E-state index contributed by atoms with van der Waals surface area (Å²) < 4.78 is 53.7. The van der Waals surface area contributed by atoms with Gasteiger partial charge in [-0.25, -0.2) is 17.2 Å². The van der Waals surface area contributed by atoms with Crippen molar-refractivity contribution < 1.29 is 17.2 Å². The number of anilines is 1. The SMILES string of the molecule is O=S(=O)(Nc1cccc2cccnc12)c1cc(F)ccc1F. The van der Waals surface area contributed by atoms with Crippen LogP contribution in [0.3, 0.4) is 0 Å². The van der Waals surface area contributed by atoms with E-state index in [4.69, 9.17) is 0 Å². The lowest BCUT2D eigenvalue weighted by Crippen LogP contribution is -2.15. The minimum atomic E-state index is -4.26. The van der Waals surface area contributed by atoms with Crippen molar-refractivity contribution in [1.29, 1.82) is 0 Å². The molecule has 0 radical (unpaired) electrons. The number of nitrogens with one attached hydrogen (secondary N) is 1. The third-order valence-electron chi connectivity index (χ3n) is 3.06. The van der Waals surface area contributed by atoms with Gasteiger partial charge < -0.3 is 0 Å². The molecule has 0 saturated carbocycles. The van der Waals surface area contributed by atoms with Crippen LogP contribution in [0.25, 0.3) is 10.9 Å². The Morgan fingerprint density at radius 2 is 1.77 bits per heavy atom. The average molecular weight is 320 g/mol. The molecule has 1 heterocycles. The van der Waals surface area contributed by atoms with Gasteiger partial charge in [0.1, 0.15) is 16.5 Å². The molecular formula is C15H10F2N2O2S. The third kappa shape index (κ3) is 2.62. The maximum Gasteiger partial charge on any atom is 0.264 e. The fourth-order valence-electron chi connectivity index (χ4n) is 2.07. The van der Waals surface area contributed by atoms with Crippen molar-refractivity contribution >= 4 is 26.6 Å². The molecule has 0 aliphatic carbocycles. The molecule has 0 amide bonds. The fourth-order valence-corrected chi connectivity index (χ4v) is 3.23. The van der Waals surface area contributed by atoms with Crippen LogP contribution in [-0.2, 0) is 10.0 Å². The van der Waals surface area contributed by atoms with Crippen LogP contribution in [0.2, 0.25) is 0 Å². The number of fused-ring (bicyclic) bond motifs is 1. The molecule has 3 aromatic rings. The molecular weight excluding hydrogens is 310 g/mol. The smallest absolute Gasteiger partial charge is 0.264 e. The van der Waals surface area contributed by atoms with Gasteiger partial charge >= 0.3 is 0 Å². The first kappa shape index (κ1) is 14.4. The van der Waals surface area contributed by atoms with Gasteiger partial charge in [-0.1, -0.05) is 18.2 Å². The van der Waals surface area contributed by atoms with Gasteiger partial charge in [0.25, 0.3) is 10.0 Å². The van der Waals surface area contributed by atoms with Gasteiger partial charge in [0.2, 0.25) is 0 Å². The minimum absolute atomic E-state index is 0.196. The topological polar surface area (TPSA) is 59.1 Å². The number of aromatic nitrogens is 1. The Bertz CT molecular complexity index is 953. The molecule has 0 atom stereocenters. The van der Waals surface area contributed by atoms with Crippen molar-refractivity contribution in [3.8, 4) is 0 Å². The van der Waals surface area contributed by atoms with E-state index in [1.807, 2.05) is 0 Å². The highest BCUT2D eigenvalue weighted by Gasteiger charge is 2.21. The minimum Gasteiger partial charge on any atom is -0.277 e. The maximum absolute atomic E-state index is 13.7. The Morgan fingerprint density at radius 3 is 2.59 bits per heavy atom. The molecule has 0 saturated heterocycles. The quantitative estimate of drug-likeness (QED) is 0.805. The highest BCUT2D eigenvalue weighted by atomic mass is 32.2. The Kier molecular flexibility index (Phi) is 3.50. The fraction of sp³-hybridized carbons (Fsp3) is 0. The van der Waals surface area contributed by atoms with Crippen LogP contribution >= 0.6 is 0 Å². The lowest BCUT2D eigenvalue weighted by molar-refractivity contribution is 0.555. The second-order valence-electron chi connectivity index (χ2n) is 4.56. The summed E-state index contributed by atoms with van der Waals surface area (Å²) >= 11 is 0. The van der Waals surface area contributed by atoms with E-state index < -0.39 is 26.6 Å². The molecule has 0 unspecified atom stereocenters. The van der Waals surface area contributed by atoms with Crippen LogP contribution in [0.15, 0.2) is 59.6 Å². The van der Waals surface area contributed by atoms with Gasteiger partial charge in [-0.3, -0.25) is 9.71 Å².